The van der Waals surface area contributed by atoms with Crippen molar-refractivity contribution in [1.82, 2.24) is 9.97 Å². The van der Waals surface area contributed by atoms with E-state index in [4.69, 9.17) is 0 Å². The maximum atomic E-state index is 4.62. The smallest absolute Gasteiger partial charge is 0.0961 e. The molecular formula is C27H41N3. The van der Waals surface area contributed by atoms with E-state index in [1.165, 1.54) is 107 Å². The van der Waals surface area contributed by atoms with Crippen molar-refractivity contribution >= 4 is 16.6 Å². The van der Waals surface area contributed by atoms with E-state index in [9.17, 15) is 0 Å². The van der Waals surface area contributed by atoms with Gasteiger partial charge in [0.05, 0.1) is 16.9 Å². The third-order valence-electron chi connectivity index (χ3n) is 6.27. The van der Waals surface area contributed by atoms with Crippen LogP contribution in [-0.2, 0) is 0 Å². The summed E-state index contributed by atoms with van der Waals surface area (Å²) in [5.41, 5.74) is 4.68. The lowest BCUT2D eigenvalue weighted by molar-refractivity contribution is 0.537. The van der Waals surface area contributed by atoms with Crippen molar-refractivity contribution in [1.29, 1.82) is 0 Å². The van der Waals surface area contributed by atoms with Gasteiger partial charge in [-0.15, -0.1) is 0 Å². The number of hydrogen-bond donors (Lipinski definition) is 2. The standard InChI is InChI=1S/C27H41N3/c1-2-3-4-5-6-7-8-9-10-11-12-13-14-15-20-30-27-25-23(18-16-21-28-25)24-19-17-22-29-26(24)27/h16-19,21-22,28,30H,2-15,20H2,1H3. The number of fused-ring (bicyclic) bond motifs is 3. The van der Waals surface area contributed by atoms with Gasteiger partial charge in [0.25, 0.3) is 0 Å². The zero-order chi connectivity index (χ0) is 20.9. The summed E-state index contributed by atoms with van der Waals surface area (Å²) in [4.78, 5) is 8.03. The van der Waals surface area contributed by atoms with Crippen LogP contribution in [0.4, 0.5) is 5.69 Å². The Morgan fingerprint density at radius 2 is 1.40 bits per heavy atom. The molecule has 3 rings (SSSR count). The Morgan fingerprint density at radius 1 is 0.767 bits per heavy atom. The third-order valence-corrected chi connectivity index (χ3v) is 6.27. The molecule has 30 heavy (non-hydrogen) atoms. The summed E-state index contributed by atoms with van der Waals surface area (Å²) in [6.07, 6.45) is 23.5. The van der Waals surface area contributed by atoms with Crippen LogP contribution in [0.3, 0.4) is 0 Å². The number of pyridine rings is 2. The van der Waals surface area contributed by atoms with E-state index in [0.717, 1.165) is 17.7 Å². The Labute approximate surface area is 183 Å². The maximum absolute atomic E-state index is 4.62. The summed E-state index contributed by atoms with van der Waals surface area (Å²) < 4.78 is 0. The molecule has 1 aromatic heterocycles. The molecule has 164 valence electrons. The molecule has 2 heterocycles. The second-order valence-electron chi connectivity index (χ2n) is 8.76. The van der Waals surface area contributed by atoms with Gasteiger partial charge in [-0.1, -0.05) is 103 Å². The molecule has 0 radical (unpaired) electrons. The molecule has 0 saturated carbocycles. The predicted molar refractivity (Wildman–Crippen MR) is 132 cm³/mol. The highest BCUT2D eigenvalue weighted by molar-refractivity contribution is 6.10. The fourth-order valence-electron chi connectivity index (χ4n) is 4.51. The van der Waals surface area contributed by atoms with Crippen LogP contribution in [0.2, 0.25) is 0 Å². The van der Waals surface area contributed by atoms with E-state index in [1.54, 1.807) is 0 Å². The predicted octanol–water partition coefficient (Wildman–Crippen LogP) is 8.56. The van der Waals surface area contributed by atoms with E-state index in [-0.39, 0.29) is 0 Å². The van der Waals surface area contributed by atoms with E-state index >= 15 is 0 Å². The van der Waals surface area contributed by atoms with Crippen LogP contribution in [0.1, 0.15) is 96.8 Å². The lowest BCUT2D eigenvalue weighted by Crippen LogP contribution is -2.02. The lowest BCUT2D eigenvalue weighted by atomic mass is 10.0. The second kappa shape index (κ2) is 13.3. The van der Waals surface area contributed by atoms with Gasteiger partial charge in [-0.05, 0) is 18.6 Å². The van der Waals surface area contributed by atoms with Gasteiger partial charge in [0.15, 0.2) is 0 Å². The minimum atomic E-state index is 1.02. The Kier molecular flexibility index (Phi) is 10.0. The fourth-order valence-corrected chi connectivity index (χ4v) is 4.51. The van der Waals surface area contributed by atoms with Crippen LogP contribution in [0, 0.1) is 0 Å². The van der Waals surface area contributed by atoms with Crippen molar-refractivity contribution in [3.8, 4) is 11.3 Å². The van der Waals surface area contributed by atoms with Crippen LogP contribution in [-0.4, -0.2) is 16.5 Å². The lowest BCUT2D eigenvalue weighted by Gasteiger charge is -2.08. The summed E-state index contributed by atoms with van der Waals surface area (Å²) in [5.74, 6) is 0. The van der Waals surface area contributed by atoms with Crippen LogP contribution in [0.5, 0.6) is 0 Å². The van der Waals surface area contributed by atoms with Gasteiger partial charge >= 0.3 is 0 Å². The maximum Gasteiger partial charge on any atom is 0.0961 e. The van der Waals surface area contributed by atoms with Crippen LogP contribution in [0.25, 0.3) is 22.2 Å². The molecule has 0 saturated heterocycles. The molecule has 1 aliphatic heterocycles. The van der Waals surface area contributed by atoms with Gasteiger partial charge in [0.1, 0.15) is 0 Å². The Morgan fingerprint density at radius 3 is 2.07 bits per heavy atom. The van der Waals surface area contributed by atoms with Gasteiger partial charge in [-0.25, -0.2) is 0 Å². The van der Waals surface area contributed by atoms with E-state index in [2.05, 4.69) is 40.4 Å². The molecule has 2 aliphatic rings. The molecular weight excluding hydrogens is 366 g/mol. The van der Waals surface area contributed by atoms with Gasteiger partial charge in [0.2, 0.25) is 0 Å². The number of anilines is 1. The van der Waals surface area contributed by atoms with Crippen molar-refractivity contribution in [2.45, 2.75) is 96.8 Å². The molecule has 0 spiro atoms. The highest BCUT2D eigenvalue weighted by Crippen LogP contribution is 2.39. The van der Waals surface area contributed by atoms with Gasteiger partial charge in [-0.3, -0.25) is 4.98 Å². The summed E-state index contributed by atoms with van der Waals surface area (Å²) in [5, 5.41) is 4.89. The molecule has 1 aromatic rings. The first-order chi connectivity index (χ1) is 14.9. The molecule has 0 bridgehead atoms. The number of nitrogens with zero attached hydrogens (tertiary/aromatic N) is 1. The van der Waals surface area contributed by atoms with E-state index in [1.807, 2.05) is 18.5 Å². The molecule has 0 atom stereocenters. The number of nitrogens with one attached hydrogen (secondary N) is 2. The van der Waals surface area contributed by atoms with Crippen molar-refractivity contribution in [3.05, 3.63) is 36.7 Å². The second-order valence-corrected chi connectivity index (χ2v) is 8.76. The molecule has 1 aliphatic carbocycles. The van der Waals surface area contributed by atoms with E-state index < -0.39 is 0 Å². The number of hydrogen-bond acceptors (Lipinski definition) is 2. The fraction of sp³-hybridized carbons (Fsp3) is 0.593. The Bertz CT molecular complexity index is 807. The van der Waals surface area contributed by atoms with Crippen molar-refractivity contribution in [3.63, 3.8) is 0 Å². The highest BCUT2D eigenvalue weighted by atomic mass is 14.9. The van der Waals surface area contributed by atoms with Gasteiger partial charge in [-0.2, -0.15) is 0 Å². The highest BCUT2D eigenvalue weighted by Gasteiger charge is 2.17. The summed E-state index contributed by atoms with van der Waals surface area (Å²) in [6, 6.07) is 8.42. The molecule has 0 unspecified atom stereocenters. The van der Waals surface area contributed by atoms with Crippen molar-refractivity contribution in [2.24, 2.45) is 0 Å². The van der Waals surface area contributed by atoms with Crippen molar-refractivity contribution < 1.29 is 0 Å². The molecule has 3 heteroatoms. The number of H-pyrrole nitrogens is 1. The average Bonchev–Trinajstić information content (AvgIpc) is 3.10. The minimum Gasteiger partial charge on any atom is -0.382 e. The summed E-state index contributed by atoms with van der Waals surface area (Å²) in [6.45, 7) is 3.31. The van der Waals surface area contributed by atoms with Crippen LogP contribution in [0.15, 0.2) is 36.7 Å². The molecule has 0 fully saturated rings. The Balaban J connectivity index is 1.24. The third kappa shape index (κ3) is 6.75. The number of unbranched alkanes of at least 4 members (excludes halogenated alkanes) is 13. The van der Waals surface area contributed by atoms with Gasteiger partial charge in [0, 0.05) is 29.9 Å². The molecule has 3 nitrogen and oxygen atoms in total. The number of aromatic nitrogens is 2. The molecule has 0 amide bonds. The first kappa shape index (κ1) is 22.7. The first-order valence-corrected chi connectivity index (χ1v) is 12.5. The molecule has 0 aromatic carbocycles. The normalized spacial score (nSPS) is 11.5. The number of aromatic amines is 1. The van der Waals surface area contributed by atoms with Crippen molar-refractivity contribution in [2.75, 3.05) is 11.9 Å². The monoisotopic (exact) mass is 407 g/mol. The Hall–Kier alpha value is -2.03. The largest absolute Gasteiger partial charge is 0.382 e. The first-order valence-electron chi connectivity index (χ1n) is 12.5. The summed E-state index contributed by atoms with van der Waals surface area (Å²) in [7, 11) is 0. The van der Waals surface area contributed by atoms with Crippen LogP contribution < -0.4 is 5.32 Å². The van der Waals surface area contributed by atoms with E-state index in [0.29, 0.717) is 0 Å². The SMILES string of the molecule is CCCCCCCCCCCCCCCCNc1c2[nH]cccc-2c2cccnc12. The zero-order valence-corrected chi connectivity index (χ0v) is 19.0. The van der Waals surface area contributed by atoms with Crippen LogP contribution >= 0.6 is 0 Å². The molecule has 2 N–H and O–H groups in total. The minimum absolute atomic E-state index is 1.02. The average molecular weight is 408 g/mol. The quantitative estimate of drug-likeness (QED) is 0.233. The summed E-state index contributed by atoms with van der Waals surface area (Å²) >= 11 is 0. The number of rotatable bonds is 16. The zero-order valence-electron chi connectivity index (χ0n) is 19.0. The topological polar surface area (TPSA) is 40.7 Å². The van der Waals surface area contributed by atoms with Gasteiger partial charge < -0.3 is 10.3 Å².